The predicted molar refractivity (Wildman–Crippen MR) is 115 cm³/mol. The van der Waals surface area contributed by atoms with E-state index in [1.807, 2.05) is 18.2 Å². The first-order valence-electron chi connectivity index (χ1n) is 9.78. The lowest BCUT2D eigenvalue weighted by atomic mass is 10.1. The summed E-state index contributed by atoms with van der Waals surface area (Å²) in [7, 11) is 0. The normalized spacial score (nSPS) is 14.4. The maximum absolute atomic E-state index is 12.8. The molecule has 1 aromatic heterocycles. The SMILES string of the molecule is O=C(Nc1cccc(CN2CCOCC2)c1)c1ccnn1COc1ccc(Cl)cc1. The van der Waals surface area contributed by atoms with E-state index in [2.05, 4.69) is 21.4 Å². The van der Waals surface area contributed by atoms with E-state index < -0.39 is 0 Å². The van der Waals surface area contributed by atoms with E-state index in [-0.39, 0.29) is 12.6 Å². The number of rotatable bonds is 7. The minimum atomic E-state index is -0.240. The minimum absolute atomic E-state index is 0.120. The Kier molecular flexibility index (Phi) is 6.63. The summed E-state index contributed by atoms with van der Waals surface area (Å²) in [6.07, 6.45) is 1.58. The lowest BCUT2D eigenvalue weighted by Gasteiger charge is -2.26. The average molecular weight is 427 g/mol. The standard InChI is InChI=1S/C22H23ClN4O3/c23-18-4-6-20(7-5-18)30-16-27-21(8-9-24-27)22(28)25-19-3-1-2-17(14-19)15-26-10-12-29-13-11-26/h1-9,14H,10-13,15-16H2,(H,25,28). The van der Waals surface area contributed by atoms with Crippen molar-refractivity contribution in [3.05, 3.63) is 77.1 Å². The van der Waals surface area contributed by atoms with Crippen LogP contribution in [0.4, 0.5) is 5.69 Å². The number of hydrogen-bond donors (Lipinski definition) is 1. The number of benzene rings is 2. The zero-order chi connectivity index (χ0) is 20.8. The van der Waals surface area contributed by atoms with Gasteiger partial charge in [-0.05, 0) is 48.0 Å². The molecule has 2 aromatic carbocycles. The number of ether oxygens (including phenoxy) is 2. The van der Waals surface area contributed by atoms with Crippen LogP contribution in [0.3, 0.4) is 0 Å². The molecule has 0 spiro atoms. The van der Waals surface area contributed by atoms with Gasteiger partial charge in [0.05, 0.1) is 13.2 Å². The second-order valence-electron chi connectivity index (χ2n) is 6.99. The fourth-order valence-electron chi connectivity index (χ4n) is 3.25. The highest BCUT2D eigenvalue weighted by molar-refractivity contribution is 6.30. The van der Waals surface area contributed by atoms with Gasteiger partial charge < -0.3 is 14.8 Å². The molecule has 0 atom stereocenters. The summed E-state index contributed by atoms with van der Waals surface area (Å²) in [5.41, 5.74) is 2.31. The minimum Gasteiger partial charge on any atom is -0.471 e. The van der Waals surface area contributed by atoms with E-state index in [0.717, 1.165) is 44.1 Å². The van der Waals surface area contributed by atoms with Crippen molar-refractivity contribution in [2.75, 3.05) is 31.6 Å². The Labute approximate surface area is 180 Å². The molecule has 1 amide bonds. The monoisotopic (exact) mass is 426 g/mol. The van der Waals surface area contributed by atoms with Gasteiger partial charge in [0.1, 0.15) is 11.4 Å². The summed E-state index contributed by atoms with van der Waals surface area (Å²) < 4.78 is 12.6. The Hall–Kier alpha value is -2.87. The van der Waals surface area contributed by atoms with Crippen molar-refractivity contribution in [1.29, 1.82) is 0 Å². The topological polar surface area (TPSA) is 68.6 Å². The van der Waals surface area contributed by atoms with Gasteiger partial charge in [0.2, 0.25) is 0 Å². The molecule has 0 radical (unpaired) electrons. The van der Waals surface area contributed by atoms with Crippen LogP contribution in [0, 0.1) is 0 Å². The zero-order valence-electron chi connectivity index (χ0n) is 16.5. The molecule has 0 aliphatic carbocycles. The van der Waals surface area contributed by atoms with Crippen molar-refractivity contribution in [2.45, 2.75) is 13.3 Å². The average Bonchev–Trinajstić information content (AvgIpc) is 3.23. The van der Waals surface area contributed by atoms with Crippen LogP contribution in [-0.2, 0) is 18.0 Å². The number of morpholine rings is 1. The van der Waals surface area contributed by atoms with Crippen molar-refractivity contribution in [3.63, 3.8) is 0 Å². The quantitative estimate of drug-likeness (QED) is 0.624. The van der Waals surface area contributed by atoms with Crippen LogP contribution in [0.25, 0.3) is 0 Å². The highest BCUT2D eigenvalue weighted by Crippen LogP contribution is 2.17. The first kappa shape index (κ1) is 20.4. The highest BCUT2D eigenvalue weighted by Gasteiger charge is 2.14. The number of carbonyl (C=O) groups excluding carboxylic acids is 1. The lowest BCUT2D eigenvalue weighted by molar-refractivity contribution is 0.0342. The molecular weight excluding hydrogens is 404 g/mol. The molecule has 2 heterocycles. The summed E-state index contributed by atoms with van der Waals surface area (Å²) in [5, 5.41) is 7.78. The second kappa shape index (κ2) is 9.75. The van der Waals surface area contributed by atoms with Gasteiger partial charge in [-0.2, -0.15) is 5.10 Å². The summed E-state index contributed by atoms with van der Waals surface area (Å²) >= 11 is 5.89. The van der Waals surface area contributed by atoms with E-state index in [1.54, 1.807) is 36.5 Å². The number of aromatic nitrogens is 2. The van der Waals surface area contributed by atoms with Crippen LogP contribution in [0.5, 0.6) is 5.75 Å². The first-order valence-corrected chi connectivity index (χ1v) is 10.2. The third-order valence-corrected chi connectivity index (χ3v) is 5.06. The molecule has 1 saturated heterocycles. The molecule has 1 N–H and O–H groups in total. The molecule has 7 nitrogen and oxygen atoms in total. The molecule has 0 saturated carbocycles. The summed E-state index contributed by atoms with van der Waals surface area (Å²) in [6.45, 7) is 4.32. The number of nitrogens with one attached hydrogen (secondary N) is 1. The largest absolute Gasteiger partial charge is 0.471 e. The molecule has 156 valence electrons. The van der Waals surface area contributed by atoms with Crippen molar-refractivity contribution < 1.29 is 14.3 Å². The Morgan fingerprint density at radius 3 is 2.73 bits per heavy atom. The maximum Gasteiger partial charge on any atom is 0.274 e. The van der Waals surface area contributed by atoms with Gasteiger partial charge in [0, 0.05) is 36.5 Å². The number of anilines is 1. The van der Waals surface area contributed by atoms with Crippen LogP contribution in [0.2, 0.25) is 5.02 Å². The molecule has 0 unspecified atom stereocenters. The van der Waals surface area contributed by atoms with Gasteiger partial charge in [0.15, 0.2) is 6.73 Å². The third kappa shape index (κ3) is 5.38. The van der Waals surface area contributed by atoms with Crippen LogP contribution < -0.4 is 10.1 Å². The molecule has 0 bridgehead atoms. The fraction of sp³-hybridized carbons (Fsp3) is 0.273. The number of hydrogen-bond acceptors (Lipinski definition) is 5. The van der Waals surface area contributed by atoms with E-state index in [0.29, 0.717) is 16.5 Å². The van der Waals surface area contributed by atoms with Crippen molar-refractivity contribution in [1.82, 2.24) is 14.7 Å². The van der Waals surface area contributed by atoms with Gasteiger partial charge in [0.25, 0.3) is 5.91 Å². The Morgan fingerprint density at radius 1 is 1.13 bits per heavy atom. The number of amides is 1. The van der Waals surface area contributed by atoms with Crippen LogP contribution >= 0.6 is 11.6 Å². The number of nitrogens with zero attached hydrogens (tertiary/aromatic N) is 3. The smallest absolute Gasteiger partial charge is 0.274 e. The van der Waals surface area contributed by atoms with E-state index in [1.165, 1.54) is 4.68 Å². The predicted octanol–water partition coefficient (Wildman–Crippen LogP) is 3.66. The molecule has 8 heteroatoms. The van der Waals surface area contributed by atoms with E-state index in [9.17, 15) is 4.79 Å². The third-order valence-electron chi connectivity index (χ3n) is 4.81. The summed E-state index contributed by atoms with van der Waals surface area (Å²) in [4.78, 5) is 15.1. The van der Waals surface area contributed by atoms with Gasteiger partial charge in [-0.1, -0.05) is 23.7 Å². The first-order chi connectivity index (χ1) is 14.7. The van der Waals surface area contributed by atoms with Crippen molar-refractivity contribution in [2.24, 2.45) is 0 Å². The molecule has 4 rings (SSSR count). The summed E-state index contributed by atoms with van der Waals surface area (Å²) in [5.74, 6) is 0.410. The highest BCUT2D eigenvalue weighted by atomic mass is 35.5. The lowest BCUT2D eigenvalue weighted by Crippen LogP contribution is -2.35. The molecular formula is C22H23ClN4O3. The second-order valence-corrected chi connectivity index (χ2v) is 7.42. The van der Waals surface area contributed by atoms with Crippen molar-refractivity contribution in [3.8, 4) is 5.75 Å². The summed E-state index contributed by atoms with van der Waals surface area (Å²) in [6, 6.07) is 16.6. The zero-order valence-corrected chi connectivity index (χ0v) is 17.2. The molecule has 30 heavy (non-hydrogen) atoms. The molecule has 1 aliphatic heterocycles. The van der Waals surface area contributed by atoms with Gasteiger partial charge in [-0.15, -0.1) is 0 Å². The Bertz CT molecular complexity index is 984. The van der Waals surface area contributed by atoms with Crippen molar-refractivity contribution >= 4 is 23.2 Å². The number of halogens is 1. The van der Waals surface area contributed by atoms with Gasteiger partial charge in [-0.3, -0.25) is 9.69 Å². The molecule has 3 aromatic rings. The van der Waals surface area contributed by atoms with E-state index >= 15 is 0 Å². The van der Waals surface area contributed by atoms with Crippen LogP contribution in [0.15, 0.2) is 60.8 Å². The van der Waals surface area contributed by atoms with E-state index in [4.69, 9.17) is 21.1 Å². The maximum atomic E-state index is 12.8. The Balaban J connectivity index is 1.37. The van der Waals surface area contributed by atoms with Crippen LogP contribution in [0.1, 0.15) is 16.1 Å². The fourth-order valence-corrected chi connectivity index (χ4v) is 3.38. The van der Waals surface area contributed by atoms with Crippen LogP contribution in [-0.4, -0.2) is 46.9 Å². The molecule has 1 aliphatic rings. The number of carbonyl (C=O) groups is 1. The van der Waals surface area contributed by atoms with Gasteiger partial charge in [-0.25, -0.2) is 4.68 Å². The van der Waals surface area contributed by atoms with Gasteiger partial charge >= 0.3 is 0 Å². The Morgan fingerprint density at radius 2 is 1.93 bits per heavy atom. The molecule has 1 fully saturated rings.